The summed E-state index contributed by atoms with van der Waals surface area (Å²) in [6, 6.07) is 5.86. The van der Waals surface area contributed by atoms with Crippen LogP contribution in [0.3, 0.4) is 0 Å². The Hall–Kier alpha value is -0.420. The Morgan fingerprint density at radius 1 is 1.07 bits per heavy atom. The van der Waals surface area contributed by atoms with Crippen LogP contribution in [0.5, 0.6) is 0 Å². The Labute approximate surface area is 98.5 Å². The van der Waals surface area contributed by atoms with Crippen LogP contribution >= 0.6 is 15.9 Å². The van der Waals surface area contributed by atoms with Crippen LogP contribution in [-0.2, 0) is 20.2 Å². The van der Waals surface area contributed by atoms with Crippen LogP contribution in [0.25, 0.3) is 0 Å². The van der Waals surface area contributed by atoms with Crippen LogP contribution in [0.1, 0.15) is 11.1 Å². The van der Waals surface area contributed by atoms with Crippen molar-refractivity contribution in [3.05, 3.63) is 33.8 Å². The van der Waals surface area contributed by atoms with E-state index in [9.17, 15) is 0 Å². The van der Waals surface area contributed by atoms with Gasteiger partial charge in [-0.1, -0.05) is 22.0 Å². The van der Waals surface area contributed by atoms with Crippen molar-refractivity contribution in [2.24, 2.45) is 0 Å². The minimum atomic E-state index is -1.13. The number of ether oxygens (including phenoxy) is 3. The first kappa shape index (κ1) is 12.6. The predicted molar refractivity (Wildman–Crippen MR) is 61.6 cm³/mol. The molecule has 1 aromatic carbocycles. The Kier molecular flexibility index (Phi) is 4.28. The van der Waals surface area contributed by atoms with E-state index in [4.69, 9.17) is 14.2 Å². The highest BCUT2D eigenvalue weighted by Gasteiger charge is 2.33. The van der Waals surface area contributed by atoms with Crippen LogP contribution in [0.15, 0.2) is 22.7 Å². The number of halogens is 1. The van der Waals surface area contributed by atoms with Crippen molar-refractivity contribution in [2.75, 3.05) is 21.3 Å². The Morgan fingerprint density at radius 2 is 1.60 bits per heavy atom. The van der Waals surface area contributed by atoms with Gasteiger partial charge in [-0.25, -0.2) is 0 Å². The lowest BCUT2D eigenvalue weighted by molar-refractivity contribution is -0.364. The van der Waals surface area contributed by atoms with E-state index < -0.39 is 5.97 Å². The zero-order valence-electron chi connectivity index (χ0n) is 9.33. The highest BCUT2D eigenvalue weighted by Crippen LogP contribution is 2.31. The third kappa shape index (κ3) is 2.39. The predicted octanol–water partition coefficient (Wildman–Crippen LogP) is 2.81. The molecular weight excluding hydrogens is 260 g/mol. The van der Waals surface area contributed by atoms with Crippen molar-refractivity contribution < 1.29 is 14.2 Å². The molecule has 1 aromatic rings. The Morgan fingerprint density at radius 3 is 2.07 bits per heavy atom. The molecule has 4 heteroatoms. The topological polar surface area (TPSA) is 27.7 Å². The van der Waals surface area contributed by atoms with E-state index in [0.29, 0.717) is 0 Å². The van der Waals surface area contributed by atoms with Gasteiger partial charge >= 0.3 is 5.97 Å². The summed E-state index contributed by atoms with van der Waals surface area (Å²) >= 11 is 3.41. The van der Waals surface area contributed by atoms with E-state index in [1.54, 1.807) is 21.3 Å². The fourth-order valence-electron chi connectivity index (χ4n) is 1.50. The third-order valence-corrected chi connectivity index (χ3v) is 2.83. The highest BCUT2D eigenvalue weighted by molar-refractivity contribution is 9.10. The van der Waals surface area contributed by atoms with E-state index >= 15 is 0 Å². The molecule has 0 bridgehead atoms. The van der Waals surface area contributed by atoms with Gasteiger partial charge in [-0.15, -0.1) is 0 Å². The molecule has 0 spiro atoms. The summed E-state index contributed by atoms with van der Waals surface area (Å²) in [5.74, 6) is -1.13. The lowest BCUT2D eigenvalue weighted by Gasteiger charge is -2.30. The molecule has 0 heterocycles. The molecular formula is C11H15BrO3. The average Bonchev–Trinajstić information content (AvgIpc) is 2.26. The molecule has 0 aromatic heterocycles. The number of benzene rings is 1. The van der Waals surface area contributed by atoms with Crippen LogP contribution in [-0.4, -0.2) is 21.3 Å². The second kappa shape index (κ2) is 5.07. The number of methoxy groups -OCH3 is 3. The molecule has 0 saturated carbocycles. The number of hydrogen-bond acceptors (Lipinski definition) is 3. The molecule has 0 atom stereocenters. The molecule has 1 rings (SSSR count). The minimum Gasteiger partial charge on any atom is -0.327 e. The second-order valence-electron chi connectivity index (χ2n) is 3.13. The van der Waals surface area contributed by atoms with Crippen molar-refractivity contribution >= 4 is 15.9 Å². The van der Waals surface area contributed by atoms with Crippen LogP contribution in [0.4, 0.5) is 0 Å². The zero-order valence-corrected chi connectivity index (χ0v) is 10.9. The Bertz CT molecular complexity index is 326. The van der Waals surface area contributed by atoms with Gasteiger partial charge in [0.25, 0.3) is 0 Å². The summed E-state index contributed by atoms with van der Waals surface area (Å²) in [4.78, 5) is 0. The molecule has 0 fully saturated rings. The second-order valence-corrected chi connectivity index (χ2v) is 4.04. The fourth-order valence-corrected chi connectivity index (χ4v) is 1.87. The van der Waals surface area contributed by atoms with Crippen LogP contribution in [0.2, 0.25) is 0 Å². The van der Waals surface area contributed by atoms with Crippen molar-refractivity contribution in [3.8, 4) is 0 Å². The molecule has 3 nitrogen and oxygen atoms in total. The maximum Gasteiger partial charge on any atom is 0.311 e. The van der Waals surface area contributed by atoms with E-state index in [2.05, 4.69) is 15.9 Å². The highest BCUT2D eigenvalue weighted by atomic mass is 79.9. The summed E-state index contributed by atoms with van der Waals surface area (Å²) < 4.78 is 16.8. The fraction of sp³-hybridized carbons (Fsp3) is 0.455. The SMILES string of the molecule is COC(OC)(OC)c1cc(Br)ccc1C. The average molecular weight is 275 g/mol. The van der Waals surface area contributed by atoms with Gasteiger partial charge in [0.1, 0.15) is 0 Å². The van der Waals surface area contributed by atoms with E-state index in [-0.39, 0.29) is 0 Å². The number of aryl methyl sites for hydroxylation is 1. The molecule has 15 heavy (non-hydrogen) atoms. The lowest BCUT2D eigenvalue weighted by atomic mass is 10.1. The summed E-state index contributed by atoms with van der Waals surface area (Å²) in [5, 5.41) is 0. The zero-order chi connectivity index (χ0) is 11.5. The summed E-state index contributed by atoms with van der Waals surface area (Å²) in [6.45, 7) is 1.98. The van der Waals surface area contributed by atoms with E-state index in [1.807, 2.05) is 25.1 Å². The number of rotatable bonds is 4. The first-order valence-corrected chi connectivity index (χ1v) is 5.31. The van der Waals surface area contributed by atoms with Gasteiger partial charge in [0.05, 0.1) is 0 Å². The summed E-state index contributed by atoms with van der Waals surface area (Å²) in [6.07, 6.45) is 0. The van der Waals surface area contributed by atoms with Crippen molar-refractivity contribution in [1.82, 2.24) is 0 Å². The van der Waals surface area contributed by atoms with Gasteiger partial charge in [0, 0.05) is 31.4 Å². The minimum absolute atomic E-state index is 0.851. The quantitative estimate of drug-likeness (QED) is 0.791. The molecule has 0 amide bonds. The molecule has 0 radical (unpaired) electrons. The van der Waals surface area contributed by atoms with Gasteiger partial charge in [-0.05, 0) is 24.6 Å². The molecule has 84 valence electrons. The summed E-state index contributed by atoms with van der Waals surface area (Å²) in [7, 11) is 4.65. The van der Waals surface area contributed by atoms with Crippen molar-refractivity contribution in [2.45, 2.75) is 12.9 Å². The third-order valence-electron chi connectivity index (χ3n) is 2.34. The molecule has 0 aliphatic heterocycles. The van der Waals surface area contributed by atoms with Gasteiger partial charge in [0.15, 0.2) is 0 Å². The lowest BCUT2D eigenvalue weighted by Crippen LogP contribution is -2.33. The summed E-state index contributed by atoms with van der Waals surface area (Å²) in [5.41, 5.74) is 1.90. The van der Waals surface area contributed by atoms with E-state index in [0.717, 1.165) is 15.6 Å². The first-order valence-electron chi connectivity index (χ1n) is 4.51. The van der Waals surface area contributed by atoms with Crippen LogP contribution < -0.4 is 0 Å². The van der Waals surface area contributed by atoms with Crippen molar-refractivity contribution in [1.29, 1.82) is 0 Å². The standard InChI is InChI=1S/C11H15BrO3/c1-8-5-6-9(12)7-10(8)11(13-2,14-3)15-4/h5-7H,1-4H3. The van der Waals surface area contributed by atoms with Gasteiger partial charge in [0.2, 0.25) is 0 Å². The normalized spacial score (nSPS) is 11.8. The number of hydrogen-bond donors (Lipinski definition) is 0. The maximum atomic E-state index is 5.29. The van der Waals surface area contributed by atoms with E-state index in [1.165, 1.54) is 0 Å². The van der Waals surface area contributed by atoms with Gasteiger partial charge in [-0.3, -0.25) is 0 Å². The molecule has 0 N–H and O–H groups in total. The Balaban J connectivity index is 3.27. The van der Waals surface area contributed by atoms with Gasteiger partial charge in [-0.2, -0.15) is 0 Å². The smallest absolute Gasteiger partial charge is 0.311 e. The van der Waals surface area contributed by atoms with Gasteiger partial charge < -0.3 is 14.2 Å². The van der Waals surface area contributed by atoms with Crippen LogP contribution in [0, 0.1) is 6.92 Å². The molecule has 0 aliphatic rings. The molecule has 0 aliphatic carbocycles. The molecule has 0 unspecified atom stereocenters. The monoisotopic (exact) mass is 274 g/mol. The molecule has 0 saturated heterocycles. The maximum absolute atomic E-state index is 5.29. The largest absolute Gasteiger partial charge is 0.327 e. The first-order chi connectivity index (χ1) is 7.09. The van der Waals surface area contributed by atoms with Crippen molar-refractivity contribution in [3.63, 3.8) is 0 Å².